The van der Waals surface area contributed by atoms with Gasteiger partial charge in [0, 0.05) is 10.2 Å². The van der Waals surface area contributed by atoms with Crippen molar-refractivity contribution in [1.82, 2.24) is 4.98 Å². The number of rotatable bonds is 2. The highest BCUT2D eigenvalue weighted by molar-refractivity contribution is 9.10. The Morgan fingerprint density at radius 3 is 2.94 bits per heavy atom. The second kappa shape index (κ2) is 4.59. The molecule has 2 aromatic heterocycles. The van der Waals surface area contributed by atoms with Crippen molar-refractivity contribution in [3.05, 3.63) is 51.9 Å². The smallest absolute Gasteiger partial charge is 0.272 e. The molecule has 0 aliphatic heterocycles. The number of thiophene rings is 1. The van der Waals surface area contributed by atoms with Crippen LogP contribution in [0.15, 0.2) is 46.3 Å². The van der Waals surface area contributed by atoms with E-state index in [2.05, 4.69) is 26.2 Å². The molecule has 3 rings (SSSR count). The summed E-state index contributed by atoms with van der Waals surface area (Å²) in [7, 11) is 0. The number of aromatic amines is 1. The average molecular weight is 321 g/mol. The molecule has 2 heterocycles. The third kappa shape index (κ3) is 2.19. The largest absolute Gasteiger partial charge is 0.350 e. The van der Waals surface area contributed by atoms with Crippen LogP contribution in [0.2, 0.25) is 0 Å². The highest BCUT2D eigenvalue weighted by Gasteiger charge is 2.10. The average Bonchev–Trinajstić information content (AvgIpc) is 2.88. The second-order valence-corrected chi connectivity index (χ2v) is 5.71. The Kier molecular flexibility index (Phi) is 2.93. The molecule has 0 spiro atoms. The molecule has 5 heteroatoms. The zero-order chi connectivity index (χ0) is 12.5. The van der Waals surface area contributed by atoms with E-state index in [1.165, 1.54) is 0 Å². The summed E-state index contributed by atoms with van der Waals surface area (Å²) >= 11 is 4.99. The number of anilines is 1. The number of nitrogens with one attached hydrogen (secondary N) is 2. The van der Waals surface area contributed by atoms with Gasteiger partial charge in [0.25, 0.3) is 5.91 Å². The standard InChI is InChI=1S/C13H9BrN2OS/c14-8-2-1-3-9(6-8)15-13(17)11-7-12-10(16-11)4-5-18-12/h1-7,16H,(H,15,17). The lowest BCUT2D eigenvalue weighted by atomic mass is 10.3. The lowest BCUT2D eigenvalue weighted by molar-refractivity contribution is 0.102. The fourth-order valence-corrected chi connectivity index (χ4v) is 2.92. The van der Waals surface area contributed by atoms with Crippen LogP contribution in [0.25, 0.3) is 10.2 Å². The molecule has 1 amide bonds. The van der Waals surface area contributed by atoms with Gasteiger partial charge in [0.1, 0.15) is 5.69 Å². The van der Waals surface area contributed by atoms with Crippen molar-refractivity contribution in [2.24, 2.45) is 0 Å². The molecule has 2 N–H and O–H groups in total. The topological polar surface area (TPSA) is 44.9 Å². The van der Waals surface area contributed by atoms with Crippen LogP contribution in [0.3, 0.4) is 0 Å². The van der Waals surface area contributed by atoms with Crippen molar-refractivity contribution in [2.45, 2.75) is 0 Å². The first kappa shape index (κ1) is 11.5. The van der Waals surface area contributed by atoms with Crippen molar-refractivity contribution < 1.29 is 4.79 Å². The number of H-pyrrole nitrogens is 1. The third-order valence-electron chi connectivity index (χ3n) is 2.57. The van der Waals surface area contributed by atoms with Crippen LogP contribution in [0.1, 0.15) is 10.5 Å². The first-order valence-electron chi connectivity index (χ1n) is 5.35. The zero-order valence-electron chi connectivity index (χ0n) is 9.24. The van der Waals surface area contributed by atoms with E-state index in [1.54, 1.807) is 11.3 Å². The molecule has 0 saturated heterocycles. The summed E-state index contributed by atoms with van der Waals surface area (Å²) in [5.41, 5.74) is 2.35. The van der Waals surface area contributed by atoms with Crippen LogP contribution >= 0.6 is 27.3 Å². The Labute approximate surface area is 116 Å². The lowest BCUT2D eigenvalue weighted by Crippen LogP contribution is -2.12. The van der Waals surface area contributed by atoms with Gasteiger partial charge in [-0.15, -0.1) is 11.3 Å². The summed E-state index contributed by atoms with van der Waals surface area (Å²) < 4.78 is 2.03. The molecule has 1 aromatic carbocycles. The number of halogens is 1. The van der Waals surface area contributed by atoms with Crippen molar-refractivity contribution in [3.8, 4) is 0 Å². The highest BCUT2D eigenvalue weighted by Crippen LogP contribution is 2.22. The van der Waals surface area contributed by atoms with E-state index < -0.39 is 0 Å². The van der Waals surface area contributed by atoms with E-state index in [1.807, 2.05) is 41.8 Å². The third-order valence-corrected chi connectivity index (χ3v) is 3.92. The van der Waals surface area contributed by atoms with Crippen LogP contribution in [0, 0.1) is 0 Å². The monoisotopic (exact) mass is 320 g/mol. The van der Waals surface area contributed by atoms with Gasteiger partial charge in [0.15, 0.2) is 0 Å². The number of amides is 1. The fourth-order valence-electron chi connectivity index (χ4n) is 1.74. The lowest BCUT2D eigenvalue weighted by Gasteiger charge is -2.03. The van der Waals surface area contributed by atoms with E-state index in [4.69, 9.17) is 0 Å². The van der Waals surface area contributed by atoms with E-state index >= 15 is 0 Å². The Hall–Kier alpha value is -1.59. The summed E-state index contributed by atoms with van der Waals surface area (Å²) in [6.45, 7) is 0. The highest BCUT2D eigenvalue weighted by atomic mass is 79.9. The quantitative estimate of drug-likeness (QED) is 0.728. The Morgan fingerprint density at radius 2 is 2.17 bits per heavy atom. The predicted molar refractivity (Wildman–Crippen MR) is 78.3 cm³/mol. The second-order valence-electron chi connectivity index (χ2n) is 3.85. The van der Waals surface area contributed by atoms with E-state index in [9.17, 15) is 4.79 Å². The molecule has 0 unspecified atom stereocenters. The van der Waals surface area contributed by atoms with E-state index in [0.717, 1.165) is 20.4 Å². The van der Waals surface area contributed by atoms with Crippen molar-refractivity contribution in [1.29, 1.82) is 0 Å². The normalized spacial score (nSPS) is 10.7. The minimum atomic E-state index is -0.128. The van der Waals surface area contributed by atoms with Gasteiger partial charge in [-0.2, -0.15) is 0 Å². The van der Waals surface area contributed by atoms with Gasteiger partial charge in [0.2, 0.25) is 0 Å². The van der Waals surface area contributed by atoms with Crippen LogP contribution in [-0.4, -0.2) is 10.9 Å². The first-order valence-corrected chi connectivity index (χ1v) is 7.03. The summed E-state index contributed by atoms with van der Waals surface area (Å²) in [6.07, 6.45) is 0. The molecule has 18 heavy (non-hydrogen) atoms. The Balaban J connectivity index is 1.85. The fraction of sp³-hybridized carbons (Fsp3) is 0. The Bertz CT molecular complexity index is 688. The molecule has 0 radical (unpaired) electrons. The van der Waals surface area contributed by atoms with E-state index in [0.29, 0.717) is 5.69 Å². The molecule has 0 bridgehead atoms. The van der Waals surface area contributed by atoms with Crippen molar-refractivity contribution >= 4 is 49.1 Å². The number of carbonyl (C=O) groups is 1. The molecule has 0 saturated carbocycles. The van der Waals surface area contributed by atoms with Gasteiger partial charge >= 0.3 is 0 Å². The zero-order valence-corrected chi connectivity index (χ0v) is 11.6. The van der Waals surface area contributed by atoms with Gasteiger partial charge in [-0.05, 0) is 35.7 Å². The van der Waals surface area contributed by atoms with Gasteiger partial charge < -0.3 is 10.3 Å². The minimum absolute atomic E-state index is 0.128. The molecular weight excluding hydrogens is 312 g/mol. The van der Waals surface area contributed by atoms with E-state index in [-0.39, 0.29) is 5.91 Å². The minimum Gasteiger partial charge on any atom is -0.350 e. The van der Waals surface area contributed by atoms with Crippen LogP contribution < -0.4 is 5.32 Å². The molecule has 0 aliphatic rings. The summed E-state index contributed by atoms with van der Waals surface area (Å²) in [5.74, 6) is -0.128. The predicted octanol–water partition coefficient (Wildman–Crippen LogP) is 4.24. The van der Waals surface area contributed by atoms with Gasteiger partial charge in [0.05, 0.1) is 10.2 Å². The number of hydrogen-bond acceptors (Lipinski definition) is 2. The maximum atomic E-state index is 12.0. The SMILES string of the molecule is O=C(Nc1cccc(Br)c1)c1cc2sccc2[nH]1. The van der Waals surface area contributed by atoms with Gasteiger partial charge in [-0.25, -0.2) is 0 Å². The molecular formula is C13H9BrN2OS. The Morgan fingerprint density at radius 1 is 1.28 bits per heavy atom. The molecule has 0 atom stereocenters. The number of aromatic nitrogens is 1. The number of fused-ring (bicyclic) bond motifs is 1. The summed E-state index contributed by atoms with van der Waals surface area (Å²) in [6, 6.07) is 11.4. The van der Waals surface area contributed by atoms with Crippen LogP contribution in [0.4, 0.5) is 5.69 Å². The number of hydrogen-bond donors (Lipinski definition) is 2. The maximum Gasteiger partial charge on any atom is 0.272 e. The maximum absolute atomic E-state index is 12.0. The summed E-state index contributed by atoms with van der Waals surface area (Å²) in [5, 5.41) is 4.85. The van der Waals surface area contributed by atoms with Crippen molar-refractivity contribution in [3.63, 3.8) is 0 Å². The molecule has 3 nitrogen and oxygen atoms in total. The molecule has 3 aromatic rings. The van der Waals surface area contributed by atoms with Crippen molar-refractivity contribution in [2.75, 3.05) is 5.32 Å². The number of benzene rings is 1. The van der Waals surface area contributed by atoms with Gasteiger partial charge in [-0.3, -0.25) is 4.79 Å². The number of carbonyl (C=O) groups excluding carboxylic acids is 1. The van der Waals surface area contributed by atoms with Gasteiger partial charge in [-0.1, -0.05) is 22.0 Å². The molecule has 90 valence electrons. The molecule has 0 fully saturated rings. The van der Waals surface area contributed by atoms with Crippen LogP contribution in [0.5, 0.6) is 0 Å². The molecule has 0 aliphatic carbocycles. The van der Waals surface area contributed by atoms with Crippen LogP contribution in [-0.2, 0) is 0 Å². The first-order chi connectivity index (χ1) is 8.72. The summed E-state index contributed by atoms with van der Waals surface area (Å²) in [4.78, 5) is 15.1.